The SMILES string of the molecule is CC(C)c1noc(-c2ccccc2C(=O)Nc2cccc(F)c2F)n1. The molecule has 0 fully saturated rings. The second kappa shape index (κ2) is 6.80. The van der Waals surface area contributed by atoms with E-state index in [1.807, 2.05) is 13.8 Å². The fourth-order valence-electron chi connectivity index (χ4n) is 2.24. The Hall–Kier alpha value is -3.09. The largest absolute Gasteiger partial charge is 0.334 e. The van der Waals surface area contributed by atoms with Crippen molar-refractivity contribution in [3.8, 4) is 11.5 Å². The number of halogens is 2. The van der Waals surface area contributed by atoms with Crippen molar-refractivity contribution in [2.75, 3.05) is 5.32 Å². The van der Waals surface area contributed by atoms with Crippen molar-refractivity contribution in [3.63, 3.8) is 0 Å². The lowest BCUT2D eigenvalue weighted by Crippen LogP contribution is -2.14. The van der Waals surface area contributed by atoms with E-state index in [4.69, 9.17) is 4.52 Å². The molecule has 0 aliphatic rings. The number of carbonyl (C=O) groups excluding carboxylic acids is 1. The van der Waals surface area contributed by atoms with Gasteiger partial charge in [-0.05, 0) is 24.3 Å². The van der Waals surface area contributed by atoms with Crippen molar-refractivity contribution in [3.05, 3.63) is 65.5 Å². The molecule has 3 rings (SSSR count). The van der Waals surface area contributed by atoms with Gasteiger partial charge in [-0.25, -0.2) is 8.78 Å². The van der Waals surface area contributed by atoms with Gasteiger partial charge in [-0.15, -0.1) is 0 Å². The van der Waals surface area contributed by atoms with Gasteiger partial charge in [0.2, 0.25) is 0 Å². The normalized spacial score (nSPS) is 10.9. The van der Waals surface area contributed by atoms with E-state index >= 15 is 0 Å². The topological polar surface area (TPSA) is 68.0 Å². The molecule has 0 spiro atoms. The predicted octanol–water partition coefficient (Wildman–Crippen LogP) is 4.39. The molecule has 0 atom stereocenters. The molecule has 1 N–H and O–H groups in total. The van der Waals surface area contributed by atoms with E-state index in [1.54, 1.807) is 24.3 Å². The van der Waals surface area contributed by atoms with E-state index in [-0.39, 0.29) is 23.1 Å². The molecule has 25 heavy (non-hydrogen) atoms. The standard InChI is InChI=1S/C18H15F2N3O2/c1-10(2)16-22-18(25-23-16)12-7-4-3-6-11(12)17(24)21-14-9-5-8-13(19)15(14)20/h3-10H,1-2H3,(H,21,24). The van der Waals surface area contributed by atoms with E-state index in [1.165, 1.54) is 12.1 Å². The molecular weight excluding hydrogens is 328 g/mol. The Morgan fingerprint density at radius 2 is 1.88 bits per heavy atom. The Labute approximate surface area is 142 Å². The minimum atomic E-state index is -1.12. The van der Waals surface area contributed by atoms with Gasteiger partial charge in [-0.1, -0.05) is 37.2 Å². The maximum atomic E-state index is 13.8. The van der Waals surface area contributed by atoms with Crippen molar-refractivity contribution in [2.45, 2.75) is 19.8 Å². The summed E-state index contributed by atoms with van der Waals surface area (Å²) in [6.45, 7) is 3.83. The first kappa shape index (κ1) is 16.8. The Kier molecular flexibility index (Phi) is 4.56. The Morgan fingerprint density at radius 1 is 1.12 bits per heavy atom. The average molecular weight is 343 g/mol. The summed E-state index contributed by atoms with van der Waals surface area (Å²) >= 11 is 0. The molecule has 0 saturated carbocycles. The van der Waals surface area contributed by atoms with Gasteiger partial charge in [0.1, 0.15) is 0 Å². The van der Waals surface area contributed by atoms with Crippen LogP contribution in [0.3, 0.4) is 0 Å². The highest BCUT2D eigenvalue weighted by Gasteiger charge is 2.19. The molecule has 1 aromatic heterocycles. The zero-order valence-corrected chi connectivity index (χ0v) is 13.6. The summed E-state index contributed by atoms with van der Waals surface area (Å²) in [5.41, 5.74) is 0.384. The fraction of sp³-hybridized carbons (Fsp3) is 0.167. The highest BCUT2D eigenvalue weighted by atomic mass is 19.2. The first-order valence-corrected chi connectivity index (χ1v) is 7.65. The number of hydrogen-bond acceptors (Lipinski definition) is 4. The molecular formula is C18H15F2N3O2. The molecule has 7 heteroatoms. The minimum Gasteiger partial charge on any atom is -0.334 e. The van der Waals surface area contributed by atoms with Gasteiger partial charge in [-0.2, -0.15) is 4.98 Å². The van der Waals surface area contributed by atoms with Gasteiger partial charge in [0, 0.05) is 5.92 Å². The fourth-order valence-corrected chi connectivity index (χ4v) is 2.24. The third kappa shape index (κ3) is 3.40. The van der Waals surface area contributed by atoms with E-state index in [0.717, 1.165) is 6.07 Å². The van der Waals surface area contributed by atoms with E-state index in [0.29, 0.717) is 11.4 Å². The summed E-state index contributed by atoms with van der Waals surface area (Å²) in [6.07, 6.45) is 0. The van der Waals surface area contributed by atoms with Crippen LogP contribution in [0.2, 0.25) is 0 Å². The summed E-state index contributed by atoms with van der Waals surface area (Å²) in [7, 11) is 0. The second-order valence-electron chi connectivity index (χ2n) is 5.71. The van der Waals surface area contributed by atoms with Gasteiger partial charge >= 0.3 is 0 Å². The van der Waals surface area contributed by atoms with Crippen LogP contribution >= 0.6 is 0 Å². The lowest BCUT2D eigenvalue weighted by atomic mass is 10.1. The number of carbonyl (C=O) groups is 1. The molecule has 0 aliphatic heterocycles. The Balaban J connectivity index is 1.94. The van der Waals surface area contributed by atoms with E-state index in [2.05, 4.69) is 15.5 Å². The first-order valence-electron chi connectivity index (χ1n) is 7.65. The molecule has 1 heterocycles. The maximum absolute atomic E-state index is 13.8. The van der Waals surface area contributed by atoms with Crippen LogP contribution in [0.5, 0.6) is 0 Å². The molecule has 0 aliphatic carbocycles. The average Bonchev–Trinajstić information content (AvgIpc) is 3.09. The minimum absolute atomic E-state index is 0.0693. The summed E-state index contributed by atoms with van der Waals surface area (Å²) in [6, 6.07) is 10.1. The van der Waals surface area contributed by atoms with Gasteiger partial charge in [0.15, 0.2) is 17.5 Å². The first-order chi connectivity index (χ1) is 12.0. The van der Waals surface area contributed by atoms with Crippen LogP contribution in [0.15, 0.2) is 47.0 Å². The lowest BCUT2D eigenvalue weighted by Gasteiger charge is -2.09. The number of hydrogen-bond donors (Lipinski definition) is 1. The third-order valence-electron chi connectivity index (χ3n) is 3.56. The molecule has 0 unspecified atom stereocenters. The van der Waals surface area contributed by atoms with Gasteiger partial charge in [-0.3, -0.25) is 4.79 Å². The number of rotatable bonds is 4. The van der Waals surface area contributed by atoms with Crippen molar-refractivity contribution in [1.29, 1.82) is 0 Å². The van der Waals surface area contributed by atoms with E-state index in [9.17, 15) is 13.6 Å². The summed E-state index contributed by atoms with van der Waals surface area (Å²) < 4.78 is 32.3. The lowest BCUT2D eigenvalue weighted by molar-refractivity contribution is 0.102. The molecule has 0 radical (unpaired) electrons. The van der Waals surface area contributed by atoms with Crippen LogP contribution in [0.25, 0.3) is 11.5 Å². The molecule has 3 aromatic rings. The van der Waals surface area contributed by atoms with Gasteiger partial charge in [0.25, 0.3) is 11.8 Å². The smallest absolute Gasteiger partial charge is 0.258 e. The zero-order chi connectivity index (χ0) is 18.0. The van der Waals surface area contributed by atoms with Crippen LogP contribution in [-0.4, -0.2) is 16.0 Å². The highest BCUT2D eigenvalue weighted by molar-refractivity contribution is 6.08. The quantitative estimate of drug-likeness (QED) is 0.763. The van der Waals surface area contributed by atoms with E-state index < -0.39 is 17.5 Å². The van der Waals surface area contributed by atoms with Crippen LogP contribution in [0, 0.1) is 11.6 Å². The van der Waals surface area contributed by atoms with Crippen molar-refractivity contribution in [1.82, 2.24) is 10.1 Å². The van der Waals surface area contributed by atoms with Gasteiger partial charge in [0.05, 0.1) is 16.8 Å². The number of nitrogens with zero attached hydrogens (tertiary/aromatic N) is 2. The van der Waals surface area contributed by atoms with Crippen LogP contribution < -0.4 is 5.32 Å². The van der Waals surface area contributed by atoms with Crippen LogP contribution in [-0.2, 0) is 0 Å². The molecule has 5 nitrogen and oxygen atoms in total. The van der Waals surface area contributed by atoms with Crippen molar-refractivity contribution < 1.29 is 18.1 Å². The third-order valence-corrected chi connectivity index (χ3v) is 3.56. The monoisotopic (exact) mass is 343 g/mol. The van der Waals surface area contributed by atoms with Crippen molar-refractivity contribution >= 4 is 11.6 Å². The van der Waals surface area contributed by atoms with Gasteiger partial charge < -0.3 is 9.84 Å². The number of aromatic nitrogens is 2. The summed E-state index contributed by atoms with van der Waals surface area (Å²) in [5, 5.41) is 6.24. The van der Waals surface area contributed by atoms with Crippen LogP contribution in [0.4, 0.5) is 14.5 Å². The molecule has 1 amide bonds. The molecule has 0 bridgehead atoms. The number of anilines is 1. The van der Waals surface area contributed by atoms with Crippen molar-refractivity contribution in [2.24, 2.45) is 0 Å². The molecule has 2 aromatic carbocycles. The number of nitrogens with one attached hydrogen (secondary N) is 1. The Bertz CT molecular complexity index is 922. The predicted molar refractivity (Wildman–Crippen MR) is 88.1 cm³/mol. The molecule has 128 valence electrons. The Morgan fingerprint density at radius 3 is 2.60 bits per heavy atom. The maximum Gasteiger partial charge on any atom is 0.258 e. The molecule has 0 saturated heterocycles. The summed E-state index contributed by atoms with van der Waals surface area (Å²) in [5.74, 6) is -1.99. The zero-order valence-electron chi connectivity index (χ0n) is 13.6. The second-order valence-corrected chi connectivity index (χ2v) is 5.71. The van der Waals surface area contributed by atoms with Crippen LogP contribution in [0.1, 0.15) is 35.9 Å². The summed E-state index contributed by atoms with van der Waals surface area (Å²) in [4.78, 5) is 16.8. The number of amides is 1. The highest BCUT2D eigenvalue weighted by Crippen LogP contribution is 2.25. The number of benzene rings is 2.